The van der Waals surface area contributed by atoms with Gasteiger partial charge in [0.2, 0.25) is 15.9 Å². The lowest BCUT2D eigenvalue weighted by Gasteiger charge is -2.37. The van der Waals surface area contributed by atoms with Gasteiger partial charge in [-0.2, -0.15) is 4.31 Å². The number of fused-ring (bicyclic) bond motifs is 1. The SMILES string of the molecule is CS(=O)(=O)N1CCO[C@H](COc2nc(-c3ccc(C4(O)CCC4)cc3)cc3nccnc23)C1. The average Bonchev–Trinajstić information content (AvgIpc) is 2.80. The number of pyridine rings is 1. The molecular weight excluding hydrogens is 444 g/mol. The van der Waals surface area contributed by atoms with Gasteiger partial charge in [-0.25, -0.2) is 18.4 Å². The molecule has 3 heterocycles. The maximum atomic E-state index is 11.9. The van der Waals surface area contributed by atoms with E-state index in [2.05, 4.69) is 15.0 Å². The van der Waals surface area contributed by atoms with Crippen molar-refractivity contribution in [1.29, 1.82) is 0 Å². The number of hydrogen-bond donors (Lipinski definition) is 1. The van der Waals surface area contributed by atoms with Gasteiger partial charge in [0.1, 0.15) is 12.7 Å². The summed E-state index contributed by atoms with van der Waals surface area (Å²) >= 11 is 0. The fraction of sp³-hybridized carbons (Fsp3) is 0.435. The number of aliphatic hydroxyl groups is 1. The lowest BCUT2D eigenvalue weighted by Crippen LogP contribution is -2.47. The Morgan fingerprint density at radius 1 is 1.21 bits per heavy atom. The van der Waals surface area contributed by atoms with Crippen molar-refractivity contribution >= 4 is 21.1 Å². The highest BCUT2D eigenvalue weighted by Gasteiger charge is 2.36. The van der Waals surface area contributed by atoms with Crippen molar-refractivity contribution in [3.05, 3.63) is 48.3 Å². The predicted octanol–water partition coefficient (Wildman–Crippen LogP) is 2.10. The Hall–Kier alpha value is -2.66. The number of morpholine rings is 1. The number of rotatable bonds is 6. The molecule has 10 heteroatoms. The Labute approximate surface area is 192 Å². The van der Waals surface area contributed by atoms with Crippen LogP contribution in [0.4, 0.5) is 0 Å². The zero-order valence-corrected chi connectivity index (χ0v) is 19.2. The third-order valence-corrected chi connectivity index (χ3v) is 7.57. The Balaban J connectivity index is 1.39. The van der Waals surface area contributed by atoms with E-state index < -0.39 is 21.7 Å². The fourth-order valence-electron chi connectivity index (χ4n) is 4.21. The second kappa shape index (κ2) is 8.60. The first-order valence-corrected chi connectivity index (χ1v) is 12.8. The van der Waals surface area contributed by atoms with Crippen molar-refractivity contribution < 1.29 is 23.0 Å². The van der Waals surface area contributed by atoms with E-state index in [1.165, 1.54) is 10.6 Å². The van der Waals surface area contributed by atoms with Crippen molar-refractivity contribution in [3.63, 3.8) is 0 Å². The molecule has 33 heavy (non-hydrogen) atoms. The van der Waals surface area contributed by atoms with Crippen LogP contribution in [0.1, 0.15) is 24.8 Å². The number of aromatic nitrogens is 3. The minimum Gasteiger partial charge on any atom is -0.473 e. The van der Waals surface area contributed by atoms with Crippen molar-refractivity contribution in [2.75, 3.05) is 32.6 Å². The summed E-state index contributed by atoms with van der Waals surface area (Å²) < 4.78 is 36.8. The van der Waals surface area contributed by atoms with Crippen LogP contribution in [0.3, 0.4) is 0 Å². The molecule has 1 aliphatic heterocycles. The lowest BCUT2D eigenvalue weighted by atomic mass is 9.75. The van der Waals surface area contributed by atoms with Gasteiger partial charge in [-0.1, -0.05) is 24.3 Å². The number of sulfonamides is 1. The highest BCUT2D eigenvalue weighted by molar-refractivity contribution is 7.88. The van der Waals surface area contributed by atoms with Gasteiger partial charge in [0.15, 0.2) is 5.52 Å². The topological polar surface area (TPSA) is 115 Å². The Morgan fingerprint density at radius 2 is 1.97 bits per heavy atom. The molecule has 1 saturated carbocycles. The molecule has 174 valence electrons. The molecule has 1 N–H and O–H groups in total. The largest absolute Gasteiger partial charge is 0.473 e. The zero-order chi connectivity index (χ0) is 23.1. The van der Waals surface area contributed by atoms with E-state index in [1.54, 1.807) is 12.4 Å². The Morgan fingerprint density at radius 3 is 2.67 bits per heavy atom. The van der Waals surface area contributed by atoms with E-state index in [0.29, 0.717) is 35.8 Å². The van der Waals surface area contributed by atoms with E-state index in [-0.39, 0.29) is 13.2 Å². The molecule has 3 aromatic rings. The summed E-state index contributed by atoms with van der Waals surface area (Å²) in [6.45, 7) is 1.02. The predicted molar refractivity (Wildman–Crippen MR) is 122 cm³/mol. The minimum absolute atomic E-state index is 0.139. The van der Waals surface area contributed by atoms with E-state index >= 15 is 0 Å². The molecule has 9 nitrogen and oxygen atoms in total. The van der Waals surface area contributed by atoms with Crippen LogP contribution in [-0.2, 0) is 20.4 Å². The molecule has 0 radical (unpaired) electrons. The number of nitrogens with zero attached hydrogens (tertiary/aromatic N) is 4. The molecule has 1 aromatic carbocycles. The third kappa shape index (κ3) is 4.56. The number of ether oxygens (including phenoxy) is 2. The monoisotopic (exact) mass is 470 g/mol. The molecular formula is C23H26N4O5S. The first-order chi connectivity index (χ1) is 15.8. The van der Waals surface area contributed by atoms with Crippen LogP contribution < -0.4 is 4.74 Å². The normalized spacial score (nSPS) is 21.0. The summed E-state index contributed by atoms with van der Waals surface area (Å²) in [6.07, 6.45) is 6.58. The van der Waals surface area contributed by atoms with Crippen LogP contribution in [0.5, 0.6) is 5.88 Å². The highest BCUT2D eigenvalue weighted by atomic mass is 32.2. The molecule has 1 saturated heterocycles. The van der Waals surface area contributed by atoms with E-state index in [1.807, 2.05) is 30.3 Å². The lowest BCUT2D eigenvalue weighted by molar-refractivity contribution is -0.0387. The van der Waals surface area contributed by atoms with Crippen molar-refractivity contribution in [2.45, 2.75) is 31.0 Å². The highest BCUT2D eigenvalue weighted by Crippen LogP contribution is 2.41. The standard InChI is InChI=1S/C23H26N4O5S/c1-33(29,30)27-11-12-31-18(14-27)15-32-22-21-20(24-9-10-25-21)13-19(26-22)16-3-5-17(6-4-16)23(28)7-2-8-23/h3-6,9-10,13,18,28H,2,7-8,11-12,14-15H2,1H3/t18-/m0/s1. The van der Waals surface area contributed by atoms with Gasteiger partial charge in [-0.3, -0.25) is 4.98 Å². The first kappa shape index (κ1) is 22.1. The summed E-state index contributed by atoms with van der Waals surface area (Å²) in [4.78, 5) is 13.4. The molecule has 1 atom stereocenters. The number of benzene rings is 1. The molecule has 0 unspecified atom stereocenters. The van der Waals surface area contributed by atoms with Gasteiger partial charge in [-0.05, 0) is 30.9 Å². The summed E-state index contributed by atoms with van der Waals surface area (Å²) in [7, 11) is -3.29. The second-order valence-electron chi connectivity index (χ2n) is 8.62. The Bertz CT molecular complexity index is 1260. The second-order valence-corrected chi connectivity index (χ2v) is 10.6. The smallest absolute Gasteiger partial charge is 0.242 e. The number of hydrogen-bond acceptors (Lipinski definition) is 8. The zero-order valence-electron chi connectivity index (χ0n) is 18.3. The van der Waals surface area contributed by atoms with Crippen LogP contribution in [0.2, 0.25) is 0 Å². The van der Waals surface area contributed by atoms with Crippen molar-refractivity contribution in [3.8, 4) is 17.1 Å². The van der Waals surface area contributed by atoms with Crippen LogP contribution >= 0.6 is 0 Å². The van der Waals surface area contributed by atoms with Gasteiger partial charge in [0.05, 0.1) is 29.7 Å². The Kier molecular flexibility index (Phi) is 5.77. The fourth-order valence-corrected chi connectivity index (χ4v) is 5.05. The maximum absolute atomic E-state index is 11.9. The van der Waals surface area contributed by atoms with Gasteiger partial charge in [0.25, 0.3) is 0 Å². The maximum Gasteiger partial charge on any atom is 0.242 e. The summed E-state index contributed by atoms with van der Waals surface area (Å²) in [5.41, 5.74) is 2.91. The summed E-state index contributed by atoms with van der Waals surface area (Å²) in [5, 5.41) is 10.6. The van der Waals surface area contributed by atoms with Crippen molar-refractivity contribution in [1.82, 2.24) is 19.3 Å². The van der Waals surface area contributed by atoms with Crippen molar-refractivity contribution in [2.24, 2.45) is 0 Å². The van der Waals surface area contributed by atoms with E-state index in [0.717, 1.165) is 30.4 Å². The van der Waals surface area contributed by atoms with Gasteiger partial charge < -0.3 is 14.6 Å². The first-order valence-electron chi connectivity index (χ1n) is 11.0. The molecule has 5 rings (SSSR count). The van der Waals surface area contributed by atoms with Crippen LogP contribution in [0.25, 0.3) is 22.3 Å². The van der Waals surface area contributed by atoms with Crippen LogP contribution in [0.15, 0.2) is 42.7 Å². The summed E-state index contributed by atoms with van der Waals surface area (Å²) in [5.74, 6) is 0.317. The molecule has 2 fully saturated rings. The molecule has 0 amide bonds. The summed E-state index contributed by atoms with van der Waals surface area (Å²) in [6, 6.07) is 9.60. The van der Waals surface area contributed by atoms with Gasteiger partial charge in [0, 0.05) is 31.0 Å². The molecule has 1 aliphatic carbocycles. The van der Waals surface area contributed by atoms with E-state index in [9.17, 15) is 13.5 Å². The third-order valence-electron chi connectivity index (χ3n) is 6.30. The molecule has 0 spiro atoms. The molecule has 2 aliphatic rings. The quantitative estimate of drug-likeness (QED) is 0.583. The van der Waals surface area contributed by atoms with Gasteiger partial charge >= 0.3 is 0 Å². The van der Waals surface area contributed by atoms with E-state index in [4.69, 9.17) is 9.47 Å². The van der Waals surface area contributed by atoms with Gasteiger partial charge in [-0.15, -0.1) is 0 Å². The molecule has 0 bridgehead atoms. The van der Waals surface area contributed by atoms with Crippen LogP contribution in [0, 0.1) is 0 Å². The molecule has 2 aromatic heterocycles. The van der Waals surface area contributed by atoms with Crippen LogP contribution in [-0.4, -0.2) is 71.4 Å². The minimum atomic E-state index is -3.29. The average molecular weight is 471 g/mol.